The first-order chi connectivity index (χ1) is 17.2. The second kappa shape index (κ2) is 9.61. The van der Waals surface area contributed by atoms with Crippen LogP contribution in [0.5, 0.6) is 11.5 Å². The summed E-state index contributed by atoms with van der Waals surface area (Å²) in [6, 6.07) is 7.77. The van der Waals surface area contributed by atoms with Gasteiger partial charge in [-0.15, -0.1) is 0 Å². The minimum Gasteiger partial charge on any atom is -0.508 e. The van der Waals surface area contributed by atoms with Crippen molar-refractivity contribution in [2.24, 2.45) is 0 Å². The molecule has 2 N–H and O–H groups in total. The summed E-state index contributed by atoms with van der Waals surface area (Å²) in [5, 5.41) is 18.0. The van der Waals surface area contributed by atoms with Gasteiger partial charge in [-0.05, 0) is 69.9 Å². The molecular weight excluding hydrogens is 465 g/mol. The Labute approximate surface area is 209 Å². The topological polar surface area (TPSA) is 94.8 Å². The molecule has 1 atom stereocenters. The molecule has 0 radical (unpaired) electrons. The summed E-state index contributed by atoms with van der Waals surface area (Å²) in [5.41, 5.74) is 1.22. The summed E-state index contributed by atoms with van der Waals surface area (Å²) < 4.78 is 34.3. The third-order valence-corrected chi connectivity index (χ3v) is 6.48. The van der Waals surface area contributed by atoms with Gasteiger partial charge in [-0.25, -0.2) is 13.9 Å². The van der Waals surface area contributed by atoms with Gasteiger partial charge in [0.05, 0.1) is 17.1 Å². The molecular formula is C27H32FN3O5. The highest BCUT2D eigenvalue weighted by atomic mass is 19.1. The van der Waals surface area contributed by atoms with Crippen molar-refractivity contribution < 1.29 is 28.5 Å². The standard InChI is InChI=1S/C27H32FN3O5/c1-27(2,3)36-26(33)30-17-12-19(13-17)35-24-11-16(20-8-7-18(32)14-22(20)28)10-23-21(24)15-29-31(23)25-6-4-5-9-34-25/h7-8,10-11,14-15,17,19,25,32H,4-6,9,12-13H2,1-3H3,(H,30,33). The number of nitrogens with one attached hydrogen (secondary N) is 1. The van der Waals surface area contributed by atoms with Gasteiger partial charge in [-0.3, -0.25) is 0 Å². The van der Waals surface area contributed by atoms with Crippen molar-refractivity contribution >= 4 is 17.0 Å². The number of phenols is 1. The Bertz CT molecular complexity index is 1260. The summed E-state index contributed by atoms with van der Waals surface area (Å²) in [4.78, 5) is 12.1. The summed E-state index contributed by atoms with van der Waals surface area (Å²) >= 11 is 0. The van der Waals surface area contributed by atoms with E-state index in [1.165, 1.54) is 6.07 Å². The van der Waals surface area contributed by atoms with Crippen LogP contribution in [0.3, 0.4) is 0 Å². The van der Waals surface area contributed by atoms with E-state index < -0.39 is 17.5 Å². The lowest BCUT2D eigenvalue weighted by atomic mass is 9.89. The van der Waals surface area contributed by atoms with Crippen LogP contribution in [0.2, 0.25) is 0 Å². The van der Waals surface area contributed by atoms with Crippen molar-refractivity contribution in [3.05, 3.63) is 42.3 Å². The highest BCUT2D eigenvalue weighted by Crippen LogP contribution is 2.38. The van der Waals surface area contributed by atoms with Crippen molar-refractivity contribution in [2.75, 3.05) is 6.61 Å². The van der Waals surface area contributed by atoms with E-state index in [2.05, 4.69) is 10.4 Å². The zero-order valence-electron chi connectivity index (χ0n) is 20.8. The van der Waals surface area contributed by atoms with Crippen molar-refractivity contribution in [3.8, 4) is 22.6 Å². The van der Waals surface area contributed by atoms with E-state index in [0.29, 0.717) is 36.3 Å². The molecule has 3 aromatic rings. The van der Waals surface area contributed by atoms with Crippen LogP contribution in [0.15, 0.2) is 36.5 Å². The largest absolute Gasteiger partial charge is 0.508 e. The van der Waals surface area contributed by atoms with Crippen molar-refractivity contribution in [3.63, 3.8) is 0 Å². The third-order valence-electron chi connectivity index (χ3n) is 6.48. The van der Waals surface area contributed by atoms with E-state index in [1.807, 2.05) is 31.5 Å². The normalized spacial score (nSPS) is 22.2. The van der Waals surface area contributed by atoms with Crippen LogP contribution >= 0.6 is 0 Å². The Morgan fingerprint density at radius 2 is 2.03 bits per heavy atom. The summed E-state index contributed by atoms with van der Waals surface area (Å²) in [7, 11) is 0. The lowest BCUT2D eigenvalue weighted by molar-refractivity contribution is -0.0366. The number of hydrogen-bond donors (Lipinski definition) is 2. The number of carbonyl (C=O) groups is 1. The van der Waals surface area contributed by atoms with Gasteiger partial charge in [0, 0.05) is 37.1 Å². The number of aromatic nitrogens is 2. The summed E-state index contributed by atoms with van der Waals surface area (Å²) in [6.45, 7) is 6.16. The average Bonchev–Trinajstić information content (AvgIpc) is 3.21. The maximum atomic E-state index is 14.8. The van der Waals surface area contributed by atoms with E-state index in [0.717, 1.165) is 36.2 Å². The minimum atomic E-state index is -0.554. The third kappa shape index (κ3) is 5.26. The lowest BCUT2D eigenvalue weighted by Crippen LogP contribution is -2.50. The van der Waals surface area contributed by atoms with Gasteiger partial charge in [0.1, 0.15) is 29.0 Å². The van der Waals surface area contributed by atoms with E-state index in [-0.39, 0.29) is 24.1 Å². The number of nitrogens with zero attached hydrogens (tertiary/aromatic N) is 2. The number of amides is 1. The molecule has 1 saturated heterocycles. The number of halogens is 1. The van der Waals surface area contributed by atoms with Gasteiger partial charge < -0.3 is 24.6 Å². The van der Waals surface area contributed by atoms with Gasteiger partial charge in [-0.2, -0.15) is 5.10 Å². The van der Waals surface area contributed by atoms with Crippen LogP contribution in [0.25, 0.3) is 22.0 Å². The molecule has 1 saturated carbocycles. The quantitative estimate of drug-likeness (QED) is 0.471. The van der Waals surface area contributed by atoms with E-state index in [9.17, 15) is 14.3 Å². The molecule has 2 aromatic carbocycles. The number of carbonyl (C=O) groups excluding carboxylic acids is 1. The molecule has 0 bridgehead atoms. The predicted molar refractivity (Wildman–Crippen MR) is 132 cm³/mol. The molecule has 9 heteroatoms. The van der Waals surface area contributed by atoms with E-state index >= 15 is 0 Å². The lowest BCUT2D eigenvalue weighted by Gasteiger charge is -2.36. The predicted octanol–water partition coefficient (Wildman–Crippen LogP) is 5.68. The summed E-state index contributed by atoms with van der Waals surface area (Å²) in [5.74, 6) is -0.0595. The Morgan fingerprint density at radius 1 is 1.22 bits per heavy atom. The molecule has 36 heavy (non-hydrogen) atoms. The van der Waals surface area contributed by atoms with Crippen LogP contribution in [-0.4, -0.2) is 45.3 Å². The smallest absolute Gasteiger partial charge is 0.407 e. The highest BCUT2D eigenvalue weighted by Gasteiger charge is 2.34. The first-order valence-electron chi connectivity index (χ1n) is 12.4. The summed E-state index contributed by atoms with van der Waals surface area (Å²) in [6.07, 6.45) is 5.23. The van der Waals surface area contributed by atoms with Gasteiger partial charge in [0.15, 0.2) is 6.23 Å². The Kier molecular flexibility index (Phi) is 6.51. The van der Waals surface area contributed by atoms with Crippen molar-refractivity contribution in [1.29, 1.82) is 0 Å². The molecule has 2 heterocycles. The highest BCUT2D eigenvalue weighted by molar-refractivity contribution is 5.90. The van der Waals surface area contributed by atoms with Gasteiger partial charge >= 0.3 is 6.09 Å². The number of hydrogen-bond acceptors (Lipinski definition) is 6. The molecule has 1 unspecified atom stereocenters. The first-order valence-corrected chi connectivity index (χ1v) is 12.4. The van der Waals surface area contributed by atoms with E-state index in [1.54, 1.807) is 18.3 Å². The fraction of sp³-hybridized carbons (Fsp3) is 0.481. The molecule has 1 aliphatic heterocycles. The second-order valence-corrected chi connectivity index (χ2v) is 10.5. The molecule has 8 nitrogen and oxygen atoms in total. The fourth-order valence-corrected chi connectivity index (χ4v) is 4.68. The average molecular weight is 498 g/mol. The molecule has 1 aromatic heterocycles. The monoisotopic (exact) mass is 497 g/mol. The molecule has 2 fully saturated rings. The van der Waals surface area contributed by atoms with Crippen LogP contribution in [0, 0.1) is 5.82 Å². The number of benzene rings is 2. The fourth-order valence-electron chi connectivity index (χ4n) is 4.68. The van der Waals surface area contributed by atoms with Crippen molar-refractivity contribution in [2.45, 2.75) is 76.9 Å². The Morgan fingerprint density at radius 3 is 2.72 bits per heavy atom. The number of fused-ring (bicyclic) bond motifs is 1. The maximum Gasteiger partial charge on any atom is 0.407 e. The number of ether oxygens (including phenoxy) is 3. The Balaban J connectivity index is 1.40. The van der Waals surface area contributed by atoms with Gasteiger partial charge in [0.25, 0.3) is 0 Å². The van der Waals surface area contributed by atoms with Gasteiger partial charge in [-0.1, -0.05) is 0 Å². The van der Waals surface area contributed by atoms with E-state index in [4.69, 9.17) is 14.2 Å². The molecule has 1 aliphatic carbocycles. The molecule has 0 spiro atoms. The first kappa shape index (κ1) is 24.4. The molecule has 1 amide bonds. The number of aromatic hydroxyl groups is 1. The maximum absolute atomic E-state index is 14.8. The van der Waals surface area contributed by atoms with Crippen LogP contribution in [0.4, 0.5) is 9.18 Å². The Hall–Kier alpha value is -3.33. The van der Waals surface area contributed by atoms with Crippen LogP contribution < -0.4 is 10.1 Å². The van der Waals surface area contributed by atoms with Crippen LogP contribution in [0.1, 0.15) is 59.1 Å². The minimum absolute atomic E-state index is 0.0311. The second-order valence-electron chi connectivity index (χ2n) is 10.5. The number of phenolic OH excluding ortho intramolecular Hbond substituents is 1. The number of rotatable bonds is 5. The van der Waals surface area contributed by atoms with Crippen LogP contribution in [-0.2, 0) is 9.47 Å². The zero-order valence-corrected chi connectivity index (χ0v) is 20.8. The molecule has 2 aliphatic rings. The molecule has 192 valence electrons. The van der Waals surface area contributed by atoms with Gasteiger partial charge in [0.2, 0.25) is 0 Å². The zero-order chi connectivity index (χ0) is 25.4. The molecule has 5 rings (SSSR count). The van der Waals surface area contributed by atoms with Crippen molar-refractivity contribution in [1.82, 2.24) is 15.1 Å². The SMILES string of the molecule is CC(C)(C)OC(=O)NC1CC(Oc2cc(-c3ccc(O)cc3F)cc3c2cnn3C2CCCCO2)C1. The number of alkyl carbamates (subject to hydrolysis) is 1.